The maximum absolute atomic E-state index is 11.7. The Morgan fingerprint density at radius 2 is 1.81 bits per heavy atom. The summed E-state index contributed by atoms with van der Waals surface area (Å²) in [5.41, 5.74) is 8.94. The minimum atomic E-state index is -1.50. The molecule has 0 saturated heterocycles. The maximum atomic E-state index is 11.7. The Labute approximate surface area is 98.8 Å². The average Bonchev–Trinajstić information content (AvgIpc) is 2.26. The molecule has 0 heterocycles. The fraction of sp³-hybridized carbons (Fsp3) is 0.455. The van der Waals surface area contributed by atoms with Crippen LogP contribution in [-0.4, -0.2) is 10.3 Å². The molecule has 1 aromatic rings. The van der Waals surface area contributed by atoms with E-state index in [9.17, 15) is 4.21 Å². The quantitative estimate of drug-likeness (QED) is 0.611. The largest absolute Gasteiger partial charge is 0.399 e. The van der Waals surface area contributed by atoms with Crippen molar-refractivity contribution in [3.8, 4) is 0 Å². The number of hydroxylamine groups is 1. The van der Waals surface area contributed by atoms with Crippen molar-refractivity contribution in [3.63, 3.8) is 0 Å². The van der Waals surface area contributed by atoms with Crippen molar-refractivity contribution < 1.29 is 8.49 Å². The highest BCUT2D eigenvalue weighted by Crippen LogP contribution is 2.10. The van der Waals surface area contributed by atoms with Gasteiger partial charge < -0.3 is 5.73 Å². The summed E-state index contributed by atoms with van der Waals surface area (Å²) in [6, 6.07) is 6.92. The van der Waals surface area contributed by atoms with Gasteiger partial charge in [0.2, 0.25) is 11.1 Å². The van der Waals surface area contributed by atoms with Gasteiger partial charge in [-0.3, -0.25) is 0 Å². The lowest BCUT2D eigenvalue weighted by molar-refractivity contribution is 0.160. The number of nitrogens with two attached hydrogens (primary N) is 1. The summed E-state index contributed by atoms with van der Waals surface area (Å²) in [5.74, 6) is 0.420. The van der Waals surface area contributed by atoms with Crippen molar-refractivity contribution in [1.82, 2.24) is 5.48 Å². The number of nitrogens with one attached hydrogen (secondary N) is 1. The highest BCUT2D eigenvalue weighted by Gasteiger charge is 2.10. The molecule has 0 radical (unpaired) electrons. The van der Waals surface area contributed by atoms with Crippen LogP contribution in [0.15, 0.2) is 29.2 Å². The van der Waals surface area contributed by atoms with Gasteiger partial charge in [0, 0.05) is 11.7 Å². The monoisotopic (exact) mass is 242 g/mol. The highest BCUT2D eigenvalue weighted by molar-refractivity contribution is 7.80. The van der Waals surface area contributed by atoms with Gasteiger partial charge in [-0.15, -0.1) is 0 Å². The van der Waals surface area contributed by atoms with E-state index < -0.39 is 11.1 Å². The summed E-state index contributed by atoms with van der Waals surface area (Å²) in [6.07, 6.45) is 0. The Kier molecular flexibility index (Phi) is 4.92. The number of rotatable bonds is 5. The SMILES string of the molecule is CC(C)C(C)NOS(=O)c1ccc(N)cc1. The van der Waals surface area contributed by atoms with E-state index >= 15 is 0 Å². The average molecular weight is 242 g/mol. The van der Waals surface area contributed by atoms with Gasteiger partial charge in [-0.05, 0) is 37.1 Å². The molecule has 5 heteroatoms. The van der Waals surface area contributed by atoms with Crippen LogP contribution >= 0.6 is 0 Å². The number of nitrogen functional groups attached to an aromatic ring is 1. The minimum Gasteiger partial charge on any atom is -0.399 e. The van der Waals surface area contributed by atoms with Gasteiger partial charge >= 0.3 is 0 Å². The molecule has 4 nitrogen and oxygen atoms in total. The van der Waals surface area contributed by atoms with E-state index in [1.165, 1.54) is 0 Å². The van der Waals surface area contributed by atoms with E-state index in [0.717, 1.165) is 0 Å². The molecule has 0 amide bonds. The second-order valence-corrected chi connectivity index (χ2v) is 5.15. The van der Waals surface area contributed by atoms with Crippen molar-refractivity contribution in [2.24, 2.45) is 5.92 Å². The molecule has 0 aliphatic rings. The van der Waals surface area contributed by atoms with Gasteiger partial charge in [-0.2, -0.15) is 9.76 Å². The molecule has 1 aromatic carbocycles. The third-order valence-electron chi connectivity index (χ3n) is 2.38. The maximum Gasteiger partial charge on any atom is 0.206 e. The first kappa shape index (κ1) is 13.2. The van der Waals surface area contributed by atoms with Gasteiger partial charge in [0.15, 0.2) is 0 Å². The van der Waals surface area contributed by atoms with Gasteiger partial charge in [-0.1, -0.05) is 13.8 Å². The minimum absolute atomic E-state index is 0.151. The first-order valence-electron chi connectivity index (χ1n) is 5.21. The zero-order valence-corrected chi connectivity index (χ0v) is 10.6. The van der Waals surface area contributed by atoms with E-state index in [1.807, 2.05) is 6.92 Å². The van der Waals surface area contributed by atoms with Crippen LogP contribution in [0, 0.1) is 5.92 Å². The Morgan fingerprint density at radius 3 is 2.31 bits per heavy atom. The zero-order chi connectivity index (χ0) is 12.1. The van der Waals surface area contributed by atoms with Crippen molar-refractivity contribution >= 4 is 16.8 Å². The lowest BCUT2D eigenvalue weighted by atomic mass is 10.1. The Morgan fingerprint density at radius 1 is 1.25 bits per heavy atom. The summed E-state index contributed by atoms with van der Waals surface area (Å²) < 4.78 is 16.7. The molecule has 0 fully saturated rings. The number of benzene rings is 1. The normalized spacial score (nSPS) is 15.0. The van der Waals surface area contributed by atoms with Crippen molar-refractivity contribution in [1.29, 1.82) is 0 Å². The summed E-state index contributed by atoms with van der Waals surface area (Å²) in [6.45, 7) is 6.10. The van der Waals surface area contributed by atoms with E-state index in [0.29, 0.717) is 16.5 Å². The molecule has 0 aliphatic carbocycles. The topological polar surface area (TPSA) is 64.3 Å². The zero-order valence-electron chi connectivity index (χ0n) is 9.77. The molecular formula is C11H18N2O2S. The second-order valence-electron chi connectivity index (χ2n) is 4.04. The first-order valence-corrected chi connectivity index (χ1v) is 6.28. The Balaban J connectivity index is 2.50. The molecule has 2 unspecified atom stereocenters. The fourth-order valence-electron chi connectivity index (χ4n) is 0.883. The van der Waals surface area contributed by atoms with Crippen molar-refractivity contribution in [2.75, 3.05) is 5.73 Å². The van der Waals surface area contributed by atoms with Crippen LogP contribution in [0.3, 0.4) is 0 Å². The third-order valence-corrected chi connectivity index (χ3v) is 3.29. The molecule has 0 bridgehead atoms. The molecule has 16 heavy (non-hydrogen) atoms. The van der Waals surface area contributed by atoms with Crippen LogP contribution in [0.2, 0.25) is 0 Å². The second kappa shape index (κ2) is 5.98. The molecule has 0 aliphatic heterocycles. The van der Waals surface area contributed by atoms with Gasteiger partial charge in [0.25, 0.3) is 0 Å². The summed E-state index contributed by atoms with van der Waals surface area (Å²) in [4.78, 5) is 0.595. The molecule has 2 atom stereocenters. The van der Waals surface area contributed by atoms with Crippen LogP contribution in [0.1, 0.15) is 20.8 Å². The molecule has 1 rings (SSSR count). The number of anilines is 1. The predicted molar refractivity (Wildman–Crippen MR) is 65.8 cm³/mol. The lowest BCUT2D eigenvalue weighted by Crippen LogP contribution is -2.31. The smallest absolute Gasteiger partial charge is 0.206 e. The van der Waals surface area contributed by atoms with E-state index in [2.05, 4.69) is 19.3 Å². The number of hydrogen-bond acceptors (Lipinski definition) is 4. The van der Waals surface area contributed by atoms with Crippen molar-refractivity contribution in [2.45, 2.75) is 31.7 Å². The predicted octanol–water partition coefficient (Wildman–Crippen LogP) is 1.86. The van der Waals surface area contributed by atoms with E-state index in [4.69, 9.17) is 10.0 Å². The standard InChI is InChI=1S/C11H18N2O2S/c1-8(2)9(3)13-15-16(14)11-6-4-10(12)5-7-11/h4-9,13H,12H2,1-3H3. The molecule has 90 valence electrons. The summed E-state index contributed by atoms with van der Waals surface area (Å²) in [7, 11) is 0. The number of hydrogen-bond donors (Lipinski definition) is 2. The fourth-order valence-corrected chi connectivity index (χ4v) is 1.58. The molecular weight excluding hydrogens is 224 g/mol. The molecule has 0 aromatic heterocycles. The van der Waals surface area contributed by atoms with Gasteiger partial charge in [0.05, 0.1) is 4.90 Å². The lowest BCUT2D eigenvalue weighted by Gasteiger charge is -2.15. The van der Waals surface area contributed by atoms with Crippen molar-refractivity contribution in [3.05, 3.63) is 24.3 Å². The Bertz CT molecular complexity index is 352. The van der Waals surface area contributed by atoms with Crippen LogP contribution in [-0.2, 0) is 15.4 Å². The summed E-state index contributed by atoms with van der Waals surface area (Å²) in [5, 5.41) is 0. The molecule has 0 spiro atoms. The summed E-state index contributed by atoms with van der Waals surface area (Å²) >= 11 is -1.50. The van der Waals surface area contributed by atoms with E-state index in [1.54, 1.807) is 24.3 Å². The van der Waals surface area contributed by atoms with Gasteiger partial charge in [-0.25, -0.2) is 4.21 Å². The molecule has 3 N–H and O–H groups in total. The highest BCUT2D eigenvalue weighted by atomic mass is 32.2. The van der Waals surface area contributed by atoms with E-state index in [-0.39, 0.29) is 6.04 Å². The third kappa shape index (κ3) is 3.92. The molecule has 0 saturated carbocycles. The van der Waals surface area contributed by atoms with Crippen LogP contribution in [0.25, 0.3) is 0 Å². The first-order chi connectivity index (χ1) is 7.50. The Hall–Kier alpha value is -0.910. The van der Waals surface area contributed by atoms with Crippen LogP contribution in [0.4, 0.5) is 5.69 Å². The van der Waals surface area contributed by atoms with Crippen LogP contribution in [0.5, 0.6) is 0 Å². The van der Waals surface area contributed by atoms with Crippen LogP contribution < -0.4 is 11.2 Å². The van der Waals surface area contributed by atoms with Gasteiger partial charge in [0.1, 0.15) is 0 Å².